The number of nitrogens with one attached hydrogen (secondary N) is 1. The highest BCUT2D eigenvalue weighted by molar-refractivity contribution is 5.93. The molecule has 7 heteroatoms. The summed E-state index contributed by atoms with van der Waals surface area (Å²) in [5.41, 5.74) is -0.464. The normalized spacial score (nSPS) is 22.6. The van der Waals surface area contributed by atoms with Crippen molar-refractivity contribution >= 4 is 11.8 Å². The van der Waals surface area contributed by atoms with E-state index in [2.05, 4.69) is 10.3 Å². The molecule has 1 aromatic heterocycles. The second kappa shape index (κ2) is 5.62. The monoisotopic (exact) mass is 280 g/mol. The van der Waals surface area contributed by atoms with Crippen LogP contribution in [-0.4, -0.2) is 58.6 Å². The van der Waals surface area contributed by atoms with Gasteiger partial charge in [0.15, 0.2) is 5.60 Å². The number of likely N-dealkylation sites (N-methyl/N-ethyl adjacent to an activating group) is 1. The van der Waals surface area contributed by atoms with Gasteiger partial charge in [0.2, 0.25) is 0 Å². The molecule has 0 spiro atoms. The van der Waals surface area contributed by atoms with E-state index >= 15 is 0 Å². The van der Waals surface area contributed by atoms with Gasteiger partial charge in [0.25, 0.3) is 11.8 Å². The summed E-state index contributed by atoms with van der Waals surface area (Å²) in [6, 6.07) is 0. The summed E-state index contributed by atoms with van der Waals surface area (Å²) in [6.07, 6.45) is 3.18. The zero-order valence-electron chi connectivity index (χ0n) is 12.0. The number of hydrogen-bond acceptors (Lipinski definition) is 4. The quantitative estimate of drug-likeness (QED) is 0.837. The average Bonchev–Trinajstić information content (AvgIpc) is 2.94. The van der Waals surface area contributed by atoms with E-state index < -0.39 is 5.60 Å². The number of aryl methyl sites for hydroxylation is 1. The van der Waals surface area contributed by atoms with Crippen molar-refractivity contribution in [2.24, 2.45) is 0 Å². The fourth-order valence-corrected chi connectivity index (χ4v) is 2.36. The van der Waals surface area contributed by atoms with Crippen LogP contribution in [0.5, 0.6) is 0 Å². The molecule has 1 aliphatic heterocycles. The Morgan fingerprint density at radius 1 is 1.55 bits per heavy atom. The average molecular weight is 280 g/mol. The highest BCUT2D eigenvalue weighted by Crippen LogP contribution is 2.19. The van der Waals surface area contributed by atoms with Gasteiger partial charge in [0, 0.05) is 20.1 Å². The van der Waals surface area contributed by atoms with E-state index in [-0.39, 0.29) is 18.4 Å². The lowest BCUT2D eigenvalue weighted by atomic mass is 10.0. The number of morpholine rings is 1. The van der Waals surface area contributed by atoms with E-state index in [0.717, 1.165) is 0 Å². The van der Waals surface area contributed by atoms with Crippen molar-refractivity contribution < 1.29 is 14.3 Å². The number of amides is 2. The van der Waals surface area contributed by atoms with Crippen molar-refractivity contribution in [2.75, 3.05) is 26.7 Å². The first kappa shape index (κ1) is 14.5. The van der Waals surface area contributed by atoms with Crippen molar-refractivity contribution in [1.82, 2.24) is 19.8 Å². The Bertz CT molecular complexity index is 513. The Balaban J connectivity index is 2.17. The van der Waals surface area contributed by atoms with Crippen LogP contribution in [0.2, 0.25) is 0 Å². The molecule has 0 radical (unpaired) electrons. The Labute approximate surface area is 117 Å². The molecule has 0 aliphatic carbocycles. The van der Waals surface area contributed by atoms with Crippen LogP contribution in [0.1, 0.15) is 24.3 Å². The van der Waals surface area contributed by atoms with Gasteiger partial charge in [-0.1, -0.05) is 0 Å². The first-order valence-electron chi connectivity index (χ1n) is 6.67. The minimum atomic E-state index is -1.00. The third kappa shape index (κ3) is 2.53. The Morgan fingerprint density at radius 3 is 2.95 bits per heavy atom. The number of carbonyl (C=O) groups excluding carboxylic acids is 2. The predicted octanol–water partition coefficient (Wildman–Crippen LogP) is -0.120. The highest BCUT2D eigenvalue weighted by atomic mass is 16.5. The van der Waals surface area contributed by atoms with E-state index in [0.29, 0.717) is 25.4 Å². The van der Waals surface area contributed by atoms with Crippen LogP contribution in [0.4, 0.5) is 0 Å². The maximum absolute atomic E-state index is 12.5. The number of nitrogens with zero attached hydrogens (tertiary/aromatic N) is 3. The van der Waals surface area contributed by atoms with Gasteiger partial charge in [-0.05, 0) is 13.8 Å². The minimum absolute atomic E-state index is 0.122. The molecule has 1 aromatic rings. The number of imidazole rings is 1. The van der Waals surface area contributed by atoms with Crippen molar-refractivity contribution in [2.45, 2.75) is 26.0 Å². The molecule has 0 aromatic carbocycles. The summed E-state index contributed by atoms with van der Waals surface area (Å²) in [5.74, 6) is -0.346. The van der Waals surface area contributed by atoms with E-state index in [4.69, 9.17) is 4.74 Å². The van der Waals surface area contributed by atoms with Crippen LogP contribution in [-0.2, 0) is 16.1 Å². The Kier molecular flexibility index (Phi) is 4.08. The molecular formula is C13H20N4O3. The molecule has 2 amide bonds. The van der Waals surface area contributed by atoms with Crippen molar-refractivity contribution in [3.63, 3.8) is 0 Å². The third-order valence-electron chi connectivity index (χ3n) is 3.54. The Morgan fingerprint density at radius 2 is 2.30 bits per heavy atom. The summed E-state index contributed by atoms with van der Waals surface area (Å²) in [7, 11) is 1.56. The minimum Gasteiger partial charge on any atom is -0.362 e. The fraction of sp³-hybridized carbons (Fsp3) is 0.615. The predicted molar refractivity (Wildman–Crippen MR) is 72.2 cm³/mol. The molecular weight excluding hydrogens is 260 g/mol. The summed E-state index contributed by atoms with van der Waals surface area (Å²) >= 11 is 0. The van der Waals surface area contributed by atoms with Gasteiger partial charge in [-0.3, -0.25) is 9.59 Å². The van der Waals surface area contributed by atoms with Crippen molar-refractivity contribution in [3.05, 3.63) is 18.2 Å². The van der Waals surface area contributed by atoms with E-state index in [9.17, 15) is 9.59 Å². The number of rotatable bonds is 3. The number of aromatic nitrogens is 2. The zero-order valence-corrected chi connectivity index (χ0v) is 12.0. The van der Waals surface area contributed by atoms with Gasteiger partial charge in [-0.25, -0.2) is 4.98 Å². The molecule has 1 fully saturated rings. The van der Waals surface area contributed by atoms with E-state index in [1.165, 1.54) is 0 Å². The highest BCUT2D eigenvalue weighted by Gasteiger charge is 2.40. The standard InChI is InChI=1S/C13H20N4O3/c1-4-16-9-15-7-10(16)11(18)17-5-6-20-13(2,8-17)12(19)14-3/h7,9H,4-6,8H2,1-3H3,(H,14,19). The van der Waals surface area contributed by atoms with Gasteiger partial charge < -0.3 is 19.5 Å². The van der Waals surface area contributed by atoms with Gasteiger partial charge in [0.1, 0.15) is 5.69 Å². The van der Waals surface area contributed by atoms with Crippen LogP contribution >= 0.6 is 0 Å². The molecule has 1 saturated heterocycles. The van der Waals surface area contributed by atoms with Gasteiger partial charge in [0.05, 0.1) is 25.7 Å². The molecule has 7 nitrogen and oxygen atoms in total. The molecule has 0 saturated carbocycles. The second-order valence-corrected chi connectivity index (χ2v) is 4.95. The largest absolute Gasteiger partial charge is 0.362 e. The van der Waals surface area contributed by atoms with Gasteiger partial charge >= 0.3 is 0 Å². The van der Waals surface area contributed by atoms with Crippen LogP contribution in [0.3, 0.4) is 0 Å². The van der Waals surface area contributed by atoms with Crippen LogP contribution in [0.25, 0.3) is 0 Å². The maximum atomic E-state index is 12.5. The zero-order chi connectivity index (χ0) is 14.8. The molecule has 1 N–H and O–H groups in total. The maximum Gasteiger partial charge on any atom is 0.272 e. The molecule has 20 heavy (non-hydrogen) atoms. The SMILES string of the molecule is CCn1cncc1C(=O)N1CCOC(C)(C(=O)NC)C1. The van der Waals surface area contributed by atoms with E-state index in [1.54, 1.807) is 36.0 Å². The molecule has 1 unspecified atom stereocenters. The first-order valence-corrected chi connectivity index (χ1v) is 6.67. The van der Waals surface area contributed by atoms with Gasteiger partial charge in [-0.2, -0.15) is 0 Å². The second-order valence-electron chi connectivity index (χ2n) is 4.95. The summed E-state index contributed by atoms with van der Waals surface area (Å²) in [6.45, 7) is 5.38. The van der Waals surface area contributed by atoms with Crippen LogP contribution in [0.15, 0.2) is 12.5 Å². The lowest BCUT2D eigenvalue weighted by molar-refractivity contribution is -0.153. The van der Waals surface area contributed by atoms with Crippen molar-refractivity contribution in [1.29, 1.82) is 0 Å². The molecule has 2 heterocycles. The fourth-order valence-electron chi connectivity index (χ4n) is 2.36. The molecule has 1 atom stereocenters. The summed E-state index contributed by atoms with van der Waals surface area (Å²) < 4.78 is 7.33. The number of hydrogen-bond donors (Lipinski definition) is 1. The Hall–Kier alpha value is -1.89. The van der Waals surface area contributed by atoms with Crippen LogP contribution in [0, 0.1) is 0 Å². The lowest BCUT2D eigenvalue weighted by Gasteiger charge is -2.38. The lowest BCUT2D eigenvalue weighted by Crippen LogP contribution is -2.59. The number of ether oxygens (including phenoxy) is 1. The number of carbonyl (C=O) groups is 2. The molecule has 0 bridgehead atoms. The summed E-state index contributed by atoms with van der Waals surface area (Å²) in [5, 5.41) is 2.57. The first-order chi connectivity index (χ1) is 9.51. The third-order valence-corrected chi connectivity index (χ3v) is 3.54. The van der Waals surface area contributed by atoms with E-state index in [1.807, 2.05) is 6.92 Å². The molecule has 2 rings (SSSR count). The van der Waals surface area contributed by atoms with Crippen LogP contribution < -0.4 is 5.32 Å². The molecule has 110 valence electrons. The molecule has 1 aliphatic rings. The van der Waals surface area contributed by atoms with Gasteiger partial charge in [-0.15, -0.1) is 0 Å². The summed E-state index contributed by atoms with van der Waals surface area (Å²) in [4.78, 5) is 30.0. The van der Waals surface area contributed by atoms with Crippen molar-refractivity contribution in [3.8, 4) is 0 Å². The smallest absolute Gasteiger partial charge is 0.272 e. The topological polar surface area (TPSA) is 76.5 Å².